The summed E-state index contributed by atoms with van der Waals surface area (Å²) >= 11 is 1.59. The average Bonchev–Trinajstić information content (AvgIpc) is 3.27. The molecular formula is C15H13N5O2S. The molecule has 0 aliphatic heterocycles. The van der Waals surface area contributed by atoms with Crippen molar-refractivity contribution in [3.05, 3.63) is 47.2 Å². The minimum atomic E-state index is 0.577. The van der Waals surface area contributed by atoms with Crippen molar-refractivity contribution >= 4 is 22.4 Å². The number of benzene rings is 1. The summed E-state index contributed by atoms with van der Waals surface area (Å²) in [7, 11) is 2.00. The van der Waals surface area contributed by atoms with Crippen LogP contribution in [0.5, 0.6) is 0 Å². The molecule has 0 fully saturated rings. The lowest BCUT2D eigenvalue weighted by molar-refractivity contribution is 0.261. The molecule has 0 unspecified atom stereocenters. The van der Waals surface area contributed by atoms with E-state index in [2.05, 4.69) is 25.4 Å². The lowest BCUT2D eigenvalue weighted by Gasteiger charge is -2.13. The molecule has 8 heteroatoms. The van der Waals surface area contributed by atoms with Crippen LogP contribution < -0.4 is 0 Å². The number of aromatic nitrogens is 4. The van der Waals surface area contributed by atoms with Crippen LogP contribution in [0, 0.1) is 0 Å². The van der Waals surface area contributed by atoms with Crippen LogP contribution in [-0.4, -0.2) is 32.4 Å². The van der Waals surface area contributed by atoms with Crippen molar-refractivity contribution in [1.29, 1.82) is 0 Å². The van der Waals surface area contributed by atoms with E-state index in [0.29, 0.717) is 18.3 Å². The summed E-state index contributed by atoms with van der Waals surface area (Å²) in [5.41, 5.74) is 2.64. The lowest BCUT2D eigenvalue weighted by Crippen LogP contribution is -2.17. The number of thiophene rings is 1. The van der Waals surface area contributed by atoms with Gasteiger partial charge < -0.3 is 4.52 Å². The van der Waals surface area contributed by atoms with E-state index in [0.717, 1.165) is 28.0 Å². The maximum atomic E-state index is 5.32. The molecule has 0 aliphatic rings. The minimum absolute atomic E-state index is 0.577. The molecule has 23 heavy (non-hydrogen) atoms. The third-order valence-corrected chi connectivity index (χ3v) is 4.25. The molecule has 7 nitrogen and oxygen atoms in total. The summed E-state index contributed by atoms with van der Waals surface area (Å²) in [6.07, 6.45) is 0. The van der Waals surface area contributed by atoms with Gasteiger partial charge in [-0.3, -0.25) is 4.90 Å². The van der Waals surface area contributed by atoms with Crippen molar-refractivity contribution in [1.82, 2.24) is 25.4 Å². The molecule has 3 aromatic heterocycles. The van der Waals surface area contributed by atoms with E-state index in [1.165, 1.54) is 0 Å². The number of fused-ring (bicyclic) bond motifs is 1. The Morgan fingerprint density at radius 3 is 2.87 bits per heavy atom. The van der Waals surface area contributed by atoms with Gasteiger partial charge in [0.1, 0.15) is 11.0 Å². The molecule has 0 amide bonds. The molecule has 0 saturated heterocycles. The molecule has 0 bridgehead atoms. The van der Waals surface area contributed by atoms with Gasteiger partial charge in [0.05, 0.1) is 11.4 Å². The first-order valence-corrected chi connectivity index (χ1v) is 7.92. The van der Waals surface area contributed by atoms with Crippen LogP contribution in [0.1, 0.15) is 11.5 Å². The van der Waals surface area contributed by atoms with E-state index < -0.39 is 0 Å². The van der Waals surface area contributed by atoms with Crippen molar-refractivity contribution in [2.24, 2.45) is 0 Å². The molecule has 3 heterocycles. The monoisotopic (exact) mass is 327 g/mol. The van der Waals surface area contributed by atoms with Gasteiger partial charge in [-0.25, -0.2) is 4.63 Å². The van der Waals surface area contributed by atoms with E-state index in [-0.39, 0.29) is 0 Å². The Kier molecular flexibility index (Phi) is 3.60. The number of hydrogen-bond donors (Lipinski definition) is 0. The highest BCUT2D eigenvalue weighted by Gasteiger charge is 2.12. The molecule has 0 spiro atoms. The van der Waals surface area contributed by atoms with Crippen LogP contribution in [0.4, 0.5) is 0 Å². The van der Waals surface area contributed by atoms with E-state index in [9.17, 15) is 0 Å². The first-order chi connectivity index (χ1) is 11.3. The molecule has 4 rings (SSSR count). The van der Waals surface area contributed by atoms with Crippen molar-refractivity contribution in [2.75, 3.05) is 7.05 Å². The zero-order chi connectivity index (χ0) is 15.6. The average molecular weight is 327 g/mol. The fourth-order valence-corrected chi connectivity index (χ4v) is 3.00. The van der Waals surface area contributed by atoms with Gasteiger partial charge >= 0.3 is 0 Å². The Bertz CT molecular complexity index is 915. The van der Waals surface area contributed by atoms with Crippen LogP contribution >= 0.6 is 11.3 Å². The van der Waals surface area contributed by atoms with Crippen molar-refractivity contribution in [3.63, 3.8) is 0 Å². The zero-order valence-electron chi connectivity index (χ0n) is 12.3. The minimum Gasteiger partial charge on any atom is -0.338 e. The Hall–Kier alpha value is -2.58. The predicted octanol–water partition coefficient (Wildman–Crippen LogP) is 2.97. The standard InChI is InChI=1S/C15H13N5O2S/c1-20(8-10-4-5-11-12(7-10)18-22-17-11)9-14-16-15(19-21-14)13-3-2-6-23-13/h2-7H,8-9H2,1H3. The van der Waals surface area contributed by atoms with Gasteiger partial charge in [-0.1, -0.05) is 17.3 Å². The number of rotatable bonds is 5. The molecule has 0 atom stereocenters. The molecule has 0 N–H and O–H groups in total. The van der Waals surface area contributed by atoms with Gasteiger partial charge in [0.15, 0.2) is 0 Å². The second-order valence-electron chi connectivity index (χ2n) is 5.25. The molecule has 116 valence electrons. The van der Waals surface area contributed by atoms with E-state index in [1.807, 2.05) is 42.8 Å². The topological polar surface area (TPSA) is 81.1 Å². The van der Waals surface area contributed by atoms with E-state index >= 15 is 0 Å². The molecule has 0 aliphatic carbocycles. The van der Waals surface area contributed by atoms with Crippen molar-refractivity contribution in [2.45, 2.75) is 13.1 Å². The normalized spacial score (nSPS) is 11.6. The summed E-state index contributed by atoms with van der Waals surface area (Å²) in [4.78, 5) is 7.53. The second-order valence-corrected chi connectivity index (χ2v) is 6.20. The maximum Gasteiger partial charge on any atom is 0.241 e. The highest BCUT2D eigenvalue weighted by molar-refractivity contribution is 7.13. The van der Waals surface area contributed by atoms with Crippen LogP contribution in [0.2, 0.25) is 0 Å². The number of hydrogen-bond acceptors (Lipinski definition) is 8. The molecule has 4 aromatic rings. The van der Waals surface area contributed by atoms with Gasteiger partial charge in [0, 0.05) is 6.54 Å². The summed E-state index contributed by atoms with van der Waals surface area (Å²) in [6, 6.07) is 9.82. The fourth-order valence-electron chi connectivity index (χ4n) is 2.35. The zero-order valence-corrected chi connectivity index (χ0v) is 13.2. The van der Waals surface area contributed by atoms with Gasteiger partial charge in [-0.2, -0.15) is 4.98 Å². The smallest absolute Gasteiger partial charge is 0.241 e. The van der Waals surface area contributed by atoms with E-state index in [1.54, 1.807) is 11.3 Å². The van der Waals surface area contributed by atoms with Crippen LogP contribution in [0.3, 0.4) is 0 Å². The molecular weight excluding hydrogens is 314 g/mol. The summed E-state index contributed by atoms with van der Waals surface area (Å²) in [5.74, 6) is 1.23. The maximum absolute atomic E-state index is 5.32. The third kappa shape index (κ3) is 2.99. The Morgan fingerprint density at radius 2 is 2.00 bits per heavy atom. The van der Waals surface area contributed by atoms with Gasteiger partial charge in [0.2, 0.25) is 11.7 Å². The van der Waals surface area contributed by atoms with Crippen LogP contribution in [0.15, 0.2) is 44.9 Å². The highest BCUT2D eigenvalue weighted by Crippen LogP contribution is 2.21. The number of nitrogens with zero attached hydrogens (tertiary/aromatic N) is 5. The molecule has 1 aromatic carbocycles. The fraction of sp³-hybridized carbons (Fsp3) is 0.200. The second kappa shape index (κ2) is 5.90. The summed E-state index contributed by atoms with van der Waals surface area (Å²) in [6.45, 7) is 1.31. The van der Waals surface area contributed by atoms with Crippen molar-refractivity contribution in [3.8, 4) is 10.7 Å². The van der Waals surface area contributed by atoms with Crippen LogP contribution in [0.25, 0.3) is 21.7 Å². The van der Waals surface area contributed by atoms with Gasteiger partial charge in [0.25, 0.3) is 0 Å². The molecule has 0 saturated carbocycles. The Labute approximate surface area is 135 Å². The highest BCUT2D eigenvalue weighted by atomic mass is 32.1. The Morgan fingerprint density at radius 1 is 1.09 bits per heavy atom. The first-order valence-electron chi connectivity index (χ1n) is 7.04. The van der Waals surface area contributed by atoms with Gasteiger partial charge in [-0.05, 0) is 46.5 Å². The van der Waals surface area contributed by atoms with E-state index in [4.69, 9.17) is 9.15 Å². The largest absolute Gasteiger partial charge is 0.338 e. The lowest BCUT2D eigenvalue weighted by atomic mass is 10.2. The summed E-state index contributed by atoms with van der Waals surface area (Å²) in [5, 5.41) is 13.7. The SMILES string of the molecule is CN(Cc1ccc2nonc2c1)Cc1nc(-c2cccs2)no1. The molecule has 0 radical (unpaired) electrons. The van der Waals surface area contributed by atoms with Gasteiger partial charge in [-0.15, -0.1) is 11.3 Å². The Balaban J connectivity index is 1.44. The predicted molar refractivity (Wildman–Crippen MR) is 84.6 cm³/mol. The third-order valence-electron chi connectivity index (χ3n) is 3.39. The first kappa shape index (κ1) is 14.0. The van der Waals surface area contributed by atoms with Crippen molar-refractivity contribution < 1.29 is 9.15 Å². The summed E-state index contributed by atoms with van der Waals surface area (Å²) < 4.78 is 10.0. The van der Waals surface area contributed by atoms with Crippen LogP contribution in [-0.2, 0) is 13.1 Å². The quantitative estimate of drug-likeness (QED) is 0.557.